The highest BCUT2D eigenvalue weighted by atomic mass is 32.2. The second-order valence-corrected chi connectivity index (χ2v) is 11.7. The van der Waals surface area contributed by atoms with E-state index in [1.165, 1.54) is 11.4 Å². The molecule has 3 amide bonds. The van der Waals surface area contributed by atoms with E-state index < -0.39 is 28.2 Å². The van der Waals surface area contributed by atoms with Gasteiger partial charge >= 0.3 is 6.03 Å². The molecule has 1 heterocycles. The summed E-state index contributed by atoms with van der Waals surface area (Å²) in [6.07, 6.45) is 0.542. The first-order chi connectivity index (χ1) is 17.9. The fourth-order valence-corrected chi connectivity index (χ4v) is 4.50. The van der Waals surface area contributed by atoms with Crippen molar-refractivity contribution in [3.8, 4) is 11.5 Å². The first kappa shape index (κ1) is 29.2. The molecule has 0 aliphatic carbocycles. The molecule has 2 aromatic rings. The van der Waals surface area contributed by atoms with Crippen LogP contribution in [0.5, 0.6) is 11.5 Å². The number of hydrogen-bond donors (Lipinski definition) is 3. The molecule has 12 heteroatoms. The molecule has 0 saturated heterocycles. The van der Waals surface area contributed by atoms with E-state index in [4.69, 9.17) is 9.47 Å². The number of benzene rings is 2. The van der Waals surface area contributed by atoms with Gasteiger partial charge in [0.25, 0.3) is 0 Å². The van der Waals surface area contributed by atoms with E-state index in [-0.39, 0.29) is 37.9 Å². The number of fused-ring (bicyclic) bond motifs is 1. The first-order valence-corrected chi connectivity index (χ1v) is 14.1. The molecular formula is C26H36N4O7S. The van der Waals surface area contributed by atoms with Gasteiger partial charge in [0.2, 0.25) is 15.9 Å². The molecule has 3 rings (SSSR count). The predicted octanol–water partition coefficient (Wildman–Crippen LogP) is 2.38. The van der Waals surface area contributed by atoms with Crippen LogP contribution in [-0.2, 0) is 21.2 Å². The van der Waals surface area contributed by atoms with Crippen LogP contribution >= 0.6 is 0 Å². The number of ether oxygens (including phenoxy) is 2. The average molecular weight is 549 g/mol. The number of carbonyl (C=O) groups is 2. The summed E-state index contributed by atoms with van der Waals surface area (Å²) in [4.78, 5) is 27.5. The molecule has 0 fully saturated rings. The zero-order valence-electron chi connectivity index (χ0n) is 22.3. The molecule has 38 heavy (non-hydrogen) atoms. The molecule has 1 aliphatic heterocycles. The van der Waals surface area contributed by atoms with Gasteiger partial charge in [0.15, 0.2) is 0 Å². The Kier molecular flexibility index (Phi) is 9.58. The number of likely N-dealkylation sites (N-methyl/N-ethyl adjacent to an activating group) is 1. The highest BCUT2D eigenvalue weighted by molar-refractivity contribution is 7.88. The fraction of sp³-hybridized carbons (Fsp3) is 0.462. The van der Waals surface area contributed by atoms with E-state index in [9.17, 15) is 23.1 Å². The lowest BCUT2D eigenvalue weighted by Gasteiger charge is -2.33. The number of sulfonamides is 1. The van der Waals surface area contributed by atoms with Crippen LogP contribution in [0, 0.1) is 5.92 Å². The SMILES string of the molecule is COc1ccc(NC(=O)Nc2ccc3c(c2)CC(=O)N([C@@H](C)CO)C[C@H](C)[C@@H](CN(C)S(C)(=O)=O)O3)cc1. The number of methoxy groups -OCH3 is 1. The Morgan fingerprint density at radius 2 is 1.84 bits per heavy atom. The van der Waals surface area contributed by atoms with Gasteiger partial charge in [-0.15, -0.1) is 0 Å². The van der Waals surface area contributed by atoms with Crippen LogP contribution in [-0.4, -0.2) is 86.9 Å². The summed E-state index contributed by atoms with van der Waals surface area (Å²) < 4.78 is 36.8. The van der Waals surface area contributed by atoms with Crippen LogP contribution in [0.3, 0.4) is 0 Å². The van der Waals surface area contributed by atoms with Crippen LogP contribution in [0.15, 0.2) is 42.5 Å². The third-order valence-corrected chi connectivity index (χ3v) is 7.81. The number of aliphatic hydroxyl groups is 1. The number of urea groups is 1. The molecule has 0 unspecified atom stereocenters. The van der Waals surface area contributed by atoms with Gasteiger partial charge in [0.1, 0.15) is 17.6 Å². The summed E-state index contributed by atoms with van der Waals surface area (Å²) in [5.41, 5.74) is 1.56. The lowest BCUT2D eigenvalue weighted by Crippen LogP contribution is -2.48. The molecule has 208 valence electrons. The van der Waals surface area contributed by atoms with Gasteiger partial charge in [0, 0.05) is 36.4 Å². The van der Waals surface area contributed by atoms with E-state index >= 15 is 0 Å². The Morgan fingerprint density at radius 1 is 1.21 bits per heavy atom. The van der Waals surface area contributed by atoms with Gasteiger partial charge in [-0.1, -0.05) is 6.92 Å². The molecule has 0 bridgehead atoms. The minimum Gasteiger partial charge on any atom is -0.497 e. The van der Waals surface area contributed by atoms with Crippen molar-refractivity contribution < 1.29 is 32.6 Å². The molecule has 0 aromatic heterocycles. The van der Waals surface area contributed by atoms with Crippen molar-refractivity contribution >= 4 is 33.3 Å². The highest BCUT2D eigenvalue weighted by Gasteiger charge is 2.32. The van der Waals surface area contributed by atoms with Gasteiger partial charge in [-0.2, -0.15) is 0 Å². The number of hydrogen-bond acceptors (Lipinski definition) is 7. The second kappa shape index (κ2) is 12.5. The summed E-state index contributed by atoms with van der Waals surface area (Å²) in [7, 11) is -0.420. The largest absolute Gasteiger partial charge is 0.497 e. The van der Waals surface area contributed by atoms with Gasteiger partial charge in [-0.05, 0) is 49.4 Å². The van der Waals surface area contributed by atoms with Gasteiger partial charge in [0.05, 0.1) is 39.0 Å². The predicted molar refractivity (Wildman–Crippen MR) is 145 cm³/mol. The minimum atomic E-state index is -3.46. The summed E-state index contributed by atoms with van der Waals surface area (Å²) in [5, 5.41) is 15.3. The number of nitrogens with zero attached hydrogens (tertiary/aromatic N) is 2. The van der Waals surface area contributed by atoms with Crippen molar-refractivity contribution in [3.05, 3.63) is 48.0 Å². The van der Waals surface area contributed by atoms with Crippen LogP contribution in [0.25, 0.3) is 0 Å². The molecule has 3 N–H and O–H groups in total. The lowest BCUT2D eigenvalue weighted by molar-refractivity contribution is -0.134. The summed E-state index contributed by atoms with van der Waals surface area (Å²) in [6.45, 7) is 3.79. The molecular weight excluding hydrogens is 512 g/mol. The quantitative estimate of drug-likeness (QED) is 0.461. The fourth-order valence-electron chi connectivity index (χ4n) is 4.08. The molecule has 3 atom stereocenters. The van der Waals surface area contributed by atoms with E-state index in [0.717, 1.165) is 6.26 Å². The van der Waals surface area contributed by atoms with E-state index in [0.29, 0.717) is 28.4 Å². The Balaban J connectivity index is 1.87. The van der Waals surface area contributed by atoms with Crippen molar-refractivity contribution in [3.63, 3.8) is 0 Å². The molecule has 0 spiro atoms. The second-order valence-electron chi connectivity index (χ2n) is 9.56. The molecule has 11 nitrogen and oxygen atoms in total. The van der Waals surface area contributed by atoms with Crippen molar-refractivity contribution in [1.29, 1.82) is 0 Å². The molecule has 0 radical (unpaired) electrons. The standard InChI is InChI=1S/C26H36N4O7S/c1-17-14-30(18(2)16-31)25(32)13-19-12-21(28-26(33)27-20-6-9-22(36-4)10-7-20)8-11-23(19)37-24(17)15-29(3)38(5,34)35/h6-12,17-18,24,31H,13-16H2,1-5H3,(H2,27,28,33)/t17-,18-,24+/m0/s1. The van der Waals surface area contributed by atoms with E-state index in [1.54, 1.807) is 61.4 Å². The van der Waals surface area contributed by atoms with E-state index in [1.807, 2.05) is 6.92 Å². The Morgan fingerprint density at radius 3 is 2.45 bits per heavy atom. The summed E-state index contributed by atoms with van der Waals surface area (Å²) in [5.74, 6) is 0.645. The maximum Gasteiger partial charge on any atom is 0.323 e. The van der Waals surface area contributed by atoms with Crippen LogP contribution in [0.2, 0.25) is 0 Å². The number of rotatable bonds is 8. The maximum atomic E-state index is 13.3. The number of anilines is 2. The van der Waals surface area contributed by atoms with Crippen molar-refractivity contribution in [2.24, 2.45) is 5.92 Å². The van der Waals surface area contributed by atoms with Crippen LogP contribution in [0.4, 0.5) is 16.2 Å². The van der Waals surface area contributed by atoms with Crippen LogP contribution in [0.1, 0.15) is 19.4 Å². The Hall–Kier alpha value is -3.35. The zero-order chi connectivity index (χ0) is 28.0. The minimum absolute atomic E-state index is 0.0172. The van der Waals surface area contributed by atoms with Gasteiger partial charge in [-0.25, -0.2) is 17.5 Å². The molecule has 0 saturated carbocycles. The van der Waals surface area contributed by atoms with E-state index in [2.05, 4.69) is 10.6 Å². The number of amides is 3. The van der Waals surface area contributed by atoms with Crippen LogP contribution < -0.4 is 20.1 Å². The third kappa shape index (κ3) is 7.59. The Bertz CT molecular complexity index is 1240. The maximum absolute atomic E-state index is 13.3. The monoisotopic (exact) mass is 548 g/mol. The number of carbonyl (C=O) groups excluding carboxylic acids is 2. The first-order valence-electron chi connectivity index (χ1n) is 12.2. The summed E-state index contributed by atoms with van der Waals surface area (Å²) >= 11 is 0. The van der Waals surface area contributed by atoms with Crippen molar-refractivity contribution in [2.75, 3.05) is 50.7 Å². The van der Waals surface area contributed by atoms with Crippen molar-refractivity contribution in [1.82, 2.24) is 9.21 Å². The molecule has 2 aromatic carbocycles. The number of aliphatic hydroxyl groups excluding tert-OH is 1. The topological polar surface area (TPSA) is 138 Å². The van der Waals surface area contributed by atoms with Crippen molar-refractivity contribution in [2.45, 2.75) is 32.4 Å². The lowest BCUT2D eigenvalue weighted by atomic mass is 10.0. The zero-order valence-corrected chi connectivity index (χ0v) is 23.1. The summed E-state index contributed by atoms with van der Waals surface area (Å²) in [6, 6.07) is 11.0. The van der Waals surface area contributed by atoms with Gasteiger partial charge in [-0.3, -0.25) is 4.79 Å². The normalized spacial score (nSPS) is 18.9. The van der Waals surface area contributed by atoms with Gasteiger partial charge < -0.3 is 30.1 Å². The Labute approximate surface area is 223 Å². The average Bonchev–Trinajstić information content (AvgIpc) is 2.91. The smallest absolute Gasteiger partial charge is 0.323 e. The number of nitrogens with one attached hydrogen (secondary N) is 2. The highest BCUT2D eigenvalue weighted by Crippen LogP contribution is 2.29. The third-order valence-electron chi connectivity index (χ3n) is 6.53. The molecule has 1 aliphatic rings.